The third-order valence-electron chi connectivity index (χ3n) is 3.95. The quantitative estimate of drug-likeness (QED) is 0.915. The van der Waals surface area contributed by atoms with Crippen molar-refractivity contribution in [1.82, 2.24) is 10.2 Å². The first-order chi connectivity index (χ1) is 10.3. The van der Waals surface area contributed by atoms with E-state index in [0.29, 0.717) is 19.0 Å². The Morgan fingerprint density at radius 1 is 1.33 bits per heavy atom. The van der Waals surface area contributed by atoms with Gasteiger partial charge in [0.15, 0.2) is 0 Å². The molecule has 1 fully saturated rings. The van der Waals surface area contributed by atoms with Crippen LogP contribution in [0.25, 0.3) is 0 Å². The van der Waals surface area contributed by atoms with Crippen molar-refractivity contribution in [2.75, 3.05) is 6.54 Å². The number of hydrogen-bond acceptors (Lipinski definition) is 2. The molecule has 3 rings (SSSR count). The molecule has 0 spiro atoms. The van der Waals surface area contributed by atoms with E-state index in [1.165, 1.54) is 5.56 Å². The fraction of sp³-hybridized carbons (Fsp3) is 0.353. The highest BCUT2D eigenvalue weighted by molar-refractivity contribution is 5.75. The zero-order valence-corrected chi connectivity index (χ0v) is 12.2. The first kappa shape index (κ1) is 13.7. The minimum atomic E-state index is 0.00197. The summed E-state index contributed by atoms with van der Waals surface area (Å²) >= 11 is 0. The van der Waals surface area contributed by atoms with Gasteiger partial charge in [0.1, 0.15) is 0 Å². The molecule has 0 saturated heterocycles. The van der Waals surface area contributed by atoms with E-state index in [1.807, 2.05) is 31.2 Å². The molecule has 4 heteroatoms. The van der Waals surface area contributed by atoms with E-state index < -0.39 is 0 Å². The summed E-state index contributed by atoms with van der Waals surface area (Å²) in [6.07, 6.45) is 4.34. The smallest absolute Gasteiger partial charge is 0.317 e. The van der Waals surface area contributed by atoms with Crippen molar-refractivity contribution in [1.29, 1.82) is 0 Å². The number of carbonyl (C=O) groups is 1. The second-order valence-corrected chi connectivity index (χ2v) is 5.45. The molecular formula is C17H20N2O2. The topological polar surface area (TPSA) is 45.5 Å². The monoisotopic (exact) mass is 284 g/mol. The maximum absolute atomic E-state index is 12.3. The largest absolute Gasteiger partial charge is 0.472 e. The molecule has 110 valence electrons. The molecule has 0 aliphatic heterocycles. The lowest BCUT2D eigenvalue weighted by Gasteiger charge is -2.20. The van der Waals surface area contributed by atoms with Gasteiger partial charge >= 0.3 is 6.03 Å². The summed E-state index contributed by atoms with van der Waals surface area (Å²) < 4.78 is 5.05. The minimum absolute atomic E-state index is 0.00197. The first-order valence-corrected chi connectivity index (χ1v) is 7.39. The summed E-state index contributed by atoms with van der Waals surface area (Å²) in [6, 6.07) is 12.5. The van der Waals surface area contributed by atoms with Gasteiger partial charge in [-0.05, 0) is 25.0 Å². The van der Waals surface area contributed by atoms with Crippen molar-refractivity contribution in [3.63, 3.8) is 0 Å². The zero-order valence-electron chi connectivity index (χ0n) is 12.2. The lowest BCUT2D eigenvalue weighted by molar-refractivity contribution is 0.197. The molecule has 0 unspecified atom stereocenters. The molecule has 1 N–H and O–H groups in total. The van der Waals surface area contributed by atoms with E-state index in [0.717, 1.165) is 12.0 Å². The van der Waals surface area contributed by atoms with Crippen molar-refractivity contribution in [3.05, 3.63) is 60.1 Å². The fourth-order valence-electron chi connectivity index (χ4n) is 2.60. The van der Waals surface area contributed by atoms with Crippen molar-refractivity contribution < 1.29 is 9.21 Å². The highest BCUT2D eigenvalue weighted by Crippen LogP contribution is 2.40. The highest BCUT2D eigenvalue weighted by Gasteiger charge is 2.39. The van der Waals surface area contributed by atoms with E-state index in [2.05, 4.69) is 17.4 Å². The number of rotatable bonds is 5. The second-order valence-electron chi connectivity index (χ2n) is 5.45. The van der Waals surface area contributed by atoms with Crippen molar-refractivity contribution in [2.45, 2.75) is 31.8 Å². The van der Waals surface area contributed by atoms with E-state index in [-0.39, 0.29) is 12.1 Å². The molecule has 1 aliphatic rings. The zero-order chi connectivity index (χ0) is 14.7. The van der Waals surface area contributed by atoms with Gasteiger partial charge in [-0.1, -0.05) is 30.3 Å². The van der Waals surface area contributed by atoms with Crippen LogP contribution in [0.4, 0.5) is 4.79 Å². The average Bonchev–Trinajstić information content (AvgIpc) is 3.08. The maximum Gasteiger partial charge on any atom is 0.317 e. The number of urea groups is 1. The summed E-state index contributed by atoms with van der Waals surface area (Å²) in [5.41, 5.74) is 2.32. The summed E-state index contributed by atoms with van der Waals surface area (Å²) in [7, 11) is 0. The van der Waals surface area contributed by atoms with E-state index >= 15 is 0 Å². The van der Waals surface area contributed by atoms with Crippen LogP contribution in [-0.4, -0.2) is 23.5 Å². The van der Waals surface area contributed by atoms with Crippen LogP contribution in [0.3, 0.4) is 0 Å². The number of benzene rings is 1. The molecule has 21 heavy (non-hydrogen) atoms. The third-order valence-corrected chi connectivity index (χ3v) is 3.95. The van der Waals surface area contributed by atoms with Crippen LogP contribution in [-0.2, 0) is 6.54 Å². The van der Waals surface area contributed by atoms with Gasteiger partial charge in [0.25, 0.3) is 0 Å². The van der Waals surface area contributed by atoms with E-state index in [1.54, 1.807) is 17.4 Å². The van der Waals surface area contributed by atoms with Crippen LogP contribution in [0.5, 0.6) is 0 Å². The number of hydrogen-bond donors (Lipinski definition) is 1. The average molecular weight is 284 g/mol. The third kappa shape index (κ3) is 3.27. The van der Waals surface area contributed by atoms with Gasteiger partial charge in [-0.2, -0.15) is 0 Å². The summed E-state index contributed by atoms with van der Waals surface area (Å²) in [5, 5.41) is 3.12. The Balaban J connectivity index is 1.54. The Labute approximate surface area is 124 Å². The molecule has 1 aliphatic carbocycles. The molecule has 4 nitrogen and oxygen atoms in total. The van der Waals surface area contributed by atoms with Gasteiger partial charge in [0, 0.05) is 24.1 Å². The standard InChI is InChI=1S/C17H20N2O2/c1-2-19(11-13-8-9-21-12-13)17(20)18-16-10-15(16)14-6-4-3-5-7-14/h3-9,12,15-16H,2,10-11H2,1H3,(H,18,20)/t15-,16+/m0/s1. The molecular weight excluding hydrogens is 264 g/mol. The molecule has 2 amide bonds. The number of nitrogens with zero attached hydrogens (tertiary/aromatic N) is 1. The molecule has 1 saturated carbocycles. The SMILES string of the molecule is CCN(Cc1ccoc1)C(=O)N[C@@H]1C[C@H]1c1ccccc1. The van der Waals surface area contributed by atoms with Gasteiger partial charge in [-0.15, -0.1) is 0 Å². The van der Waals surface area contributed by atoms with Crippen LogP contribution in [0.15, 0.2) is 53.3 Å². The lowest BCUT2D eigenvalue weighted by Crippen LogP contribution is -2.40. The Morgan fingerprint density at radius 2 is 2.14 bits per heavy atom. The number of nitrogens with one attached hydrogen (secondary N) is 1. The Bertz CT molecular complexity index is 580. The highest BCUT2D eigenvalue weighted by atomic mass is 16.3. The van der Waals surface area contributed by atoms with Crippen molar-refractivity contribution in [2.24, 2.45) is 0 Å². The Morgan fingerprint density at radius 3 is 2.81 bits per heavy atom. The summed E-state index contributed by atoms with van der Waals surface area (Å²) in [4.78, 5) is 14.1. The fourth-order valence-corrected chi connectivity index (χ4v) is 2.60. The van der Waals surface area contributed by atoms with Crippen molar-refractivity contribution >= 4 is 6.03 Å². The van der Waals surface area contributed by atoms with E-state index in [9.17, 15) is 4.79 Å². The predicted octanol–water partition coefficient (Wildman–Crippen LogP) is 3.37. The summed E-state index contributed by atoms with van der Waals surface area (Å²) in [6.45, 7) is 3.25. The van der Waals surface area contributed by atoms with Gasteiger partial charge in [-0.25, -0.2) is 4.79 Å². The first-order valence-electron chi connectivity index (χ1n) is 7.39. The van der Waals surface area contributed by atoms with Crippen molar-refractivity contribution in [3.8, 4) is 0 Å². The molecule has 2 atom stereocenters. The number of amides is 2. The van der Waals surface area contributed by atoms with E-state index in [4.69, 9.17) is 4.42 Å². The van der Waals surface area contributed by atoms with Gasteiger partial charge < -0.3 is 14.6 Å². The molecule has 1 aromatic carbocycles. The van der Waals surface area contributed by atoms with Crippen LogP contribution >= 0.6 is 0 Å². The number of carbonyl (C=O) groups excluding carboxylic acids is 1. The van der Waals surface area contributed by atoms with Gasteiger partial charge in [0.05, 0.1) is 19.1 Å². The molecule has 0 bridgehead atoms. The molecule has 1 aromatic heterocycles. The molecule has 2 aromatic rings. The minimum Gasteiger partial charge on any atom is -0.472 e. The second kappa shape index (κ2) is 6.04. The Kier molecular flexibility index (Phi) is 3.95. The predicted molar refractivity (Wildman–Crippen MR) is 80.9 cm³/mol. The van der Waals surface area contributed by atoms with Gasteiger partial charge in [0.2, 0.25) is 0 Å². The van der Waals surface area contributed by atoms with Crippen LogP contribution < -0.4 is 5.32 Å². The van der Waals surface area contributed by atoms with Gasteiger partial charge in [-0.3, -0.25) is 0 Å². The van der Waals surface area contributed by atoms with Crippen LogP contribution in [0.2, 0.25) is 0 Å². The molecule has 0 radical (unpaired) electrons. The van der Waals surface area contributed by atoms with Crippen LogP contribution in [0, 0.1) is 0 Å². The normalized spacial score (nSPS) is 20.0. The maximum atomic E-state index is 12.3. The van der Waals surface area contributed by atoms with Crippen LogP contribution in [0.1, 0.15) is 30.4 Å². The Hall–Kier alpha value is -2.23. The molecule has 1 heterocycles. The lowest BCUT2D eigenvalue weighted by atomic mass is 10.1. The summed E-state index contributed by atoms with van der Waals surface area (Å²) in [5.74, 6) is 0.461. The number of furan rings is 1.